The minimum Gasteiger partial charge on any atom is -0.348 e. The summed E-state index contributed by atoms with van der Waals surface area (Å²) in [4.78, 5) is 16.5. The van der Waals surface area contributed by atoms with Crippen LogP contribution >= 0.6 is 11.8 Å². The molecule has 0 aliphatic carbocycles. The Balaban J connectivity index is 1.40. The second-order valence-corrected chi connectivity index (χ2v) is 8.72. The molecule has 0 aromatic heterocycles. The zero-order chi connectivity index (χ0) is 20.6. The maximum Gasteiger partial charge on any atom is 0.252 e. The first-order chi connectivity index (χ1) is 14.8. The van der Waals surface area contributed by atoms with Gasteiger partial charge in [0.15, 0.2) is 0 Å². The Hall–Kier alpha value is -2.56. The maximum atomic E-state index is 13.0. The minimum absolute atomic E-state index is 0.0119. The molecular weight excluding hydrogens is 388 g/mol. The van der Waals surface area contributed by atoms with Gasteiger partial charge in [-0.05, 0) is 54.8 Å². The lowest BCUT2D eigenvalue weighted by Gasteiger charge is -2.18. The summed E-state index contributed by atoms with van der Waals surface area (Å²) in [6, 6.07) is 26.7. The predicted molar refractivity (Wildman–Crippen MR) is 125 cm³/mol. The molecule has 1 amide bonds. The normalized spacial score (nSPS) is 14.0. The highest BCUT2D eigenvalue weighted by atomic mass is 32.2. The molecule has 0 radical (unpaired) electrons. The van der Waals surface area contributed by atoms with Crippen molar-refractivity contribution in [2.45, 2.75) is 36.6 Å². The molecule has 1 fully saturated rings. The summed E-state index contributed by atoms with van der Waals surface area (Å²) in [7, 11) is 0. The van der Waals surface area contributed by atoms with Crippen molar-refractivity contribution in [2.24, 2.45) is 0 Å². The number of hydrogen-bond acceptors (Lipinski definition) is 3. The summed E-state index contributed by atoms with van der Waals surface area (Å²) in [5.74, 6) is 0.839. The second-order valence-electron chi connectivity index (χ2n) is 7.71. The Morgan fingerprint density at radius 2 is 1.50 bits per heavy atom. The number of nitrogens with zero attached hydrogens (tertiary/aromatic N) is 1. The lowest BCUT2D eigenvalue weighted by atomic mass is 10.1. The number of carbonyl (C=O) groups excluding carboxylic acids is 1. The van der Waals surface area contributed by atoms with E-state index in [2.05, 4.69) is 46.6 Å². The highest BCUT2D eigenvalue weighted by Gasteiger charge is 2.15. The Labute approximate surface area is 183 Å². The molecule has 1 aliphatic heterocycles. The summed E-state index contributed by atoms with van der Waals surface area (Å²) in [6.45, 7) is 3.87. The largest absolute Gasteiger partial charge is 0.348 e. The van der Waals surface area contributed by atoms with Crippen molar-refractivity contribution >= 4 is 17.7 Å². The lowest BCUT2D eigenvalue weighted by Crippen LogP contribution is -2.25. The van der Waals surface area contributed by atoms with Gasteiger partial charge in [0.05, 0.1) is 5.56 Å². The van der Waals surface area contributed by atoms with E-state index in [0.29, 0.717) is 6.54 Å². The minimum atomic E-state index is -0.0119. The molecule has 1 aliphatic rings. The molecule has 1 heterocycles. The smallest absolute Gasteiger partial charge is 0.252 e. The van der Waals surface area contributed by atoms with E-state index in [1.807, 2.05) is 42.5 Å². The van der Waals surface area contributed by atoms with E-state index in [-0.39, 0.29) is 5.91 Å². The number of carbonyl (C=O) groups is 1. The van der Waals surface area contributed by atoms with Crippen molar-refractivity contribution < 1.29 is 4.79 Å². The summed E-state index contributed by atoms with van der Waals surface area (Å²) in [5, 5.41) is 3.15. The Morgan fingerprint density at radius 3 is 2.30 bits per heavy atom. The average molecular weight is 417 g/mol. The van der Waals surface area contributed by atoms with Crippen LogP contribution in [0.2, 0.25) is 0 Å². The van der Waals surface area contributed by atoms with E-state index in [1.54, 1.807) is 11.8 Å². The molecule has 0 saturated carbocycles. The van der Waals surface area contributed by atoms with Gasteiger partial charge in [-0.3, -0.25) is 9.69 Å². The average Bonchev–Trinajstić information content (AvgIpc) is 3.31. The third-order valence-corrected chi connectivity index (χ3v) is 6.66. The Bertz CT molecular complexity index is 968. The Morgan fingerprint density at radius 1 is 0.833 bits per heavy atom. The van der Waals surface area contributed by atoms with Crippen LogP contribution in [0.15, 0.2) is 83.8 Å². The van der Waals surface area contributed by atoms with E-state index < -0.39 is 0 Å². The summed E-state index contributed by atoms with van der Waals surface area (Å²) < 4.78 is 0. The Kier molecular flexibility index (Phi) is 7.22. The first kappa shape index (κ1) is 20.7. The molecule has 0 unspecified atom stereocenters. The van der Waals surface area contributed by atoms with Crippen LogP contribution in [0.5, 0.6) is 0 Å². The number of thioether (sulfide) groups is 1. The monoisotopic (exact) mass is 416 g/mol. The first-order valence-corrected chi connectivity index (χ1v) is 11.6. The van der Waals surface area contributed by atoms with Crippen LogP contribution in [0.25, 0.3) is 0 Å². The van der Waals surface area contributed by atoms with Crippen LogP contribution in [0.3, 0.4) is 0 Å². The van der Waals surface area contributed by atoms with Crippen LogP contribution in [-0.4, -0.2) is 23.9 Å². The van der Waals surface area contributed by atoms with Crippen molar-refractivity contribution in [3.8, 4) is 0 Å². The molecule has 30 heavy (non-hydrogen) atoms. The maximum absolute atomic E-state index is 13.0. The molecule has 3 aromatic rings. The number of benzene rings is 3. The third-order valence-electron chi connectivity index (χ3n) is 5.52. The van der Waals surface area contributed by atoms with Gasteiger partial charge in [-0.2, -0.15) is 0 Å². The zero-order valence-corrected chi connectivity index (χ0v) is 18.0. The highest BCUT2D eigenvalue weighted by molar-refractivity contribution is 7.98. The van der Waals surface area contributed by atoms with Crippen LogP contribution in [0, 0.1) is 0 Å². The van der Waals surface area contributed by atoms with Crippen molar-refractivity contribution in [2.75, 3.05) is 13.1 Å². The summed E-state index contributed by atoms with van der Waals surface area (Å²) >= 11 is 1.71. The van der Waals surface area contributed by atoms with Crippen LogP contribution < -0.4 is 5.32 Å². The van der Waals surface area contributed by atoms with Gasteiger partial charge in [-0.25, -0.2) is 0 Å². The number of nitrogens with one attached hydrogen (secondary N) is 1. The highest BCUT2D eigenvalue weighted by Crippen LogP contribution is 2.26. The van der Waals surface area contributed by atoms with Gasteiger partial charge in [0.25, 0.3) is 5.91 Å². The van der Waals surface area contributed by atoms with Gasteiger partial charge < -0.3 is 5.32 Å². The fourth-order valence-corrected chi connectivity index (χ4v) is 4.86. The molecule has 3 aromatic carbocycles. The van der Waals surface area contributed by atoms with E-state index in [1.165, 1.54) is 42.6 Å². The second kappa shape index (κ2) is 10.5. The van der Waals surface area contributed by atoms with Gasteiger partial charge in [0.2, 0.25) is 0 Å². The predicted octanol–water partition coefficient (Wildman–Crippen LogP) is 5.50. The SMILES string of the molecule is O=C(NCc1ccccc1CN1CCCC1)c1ccccc1SCc1ccccc1. The molecule has 154 valence electrons. The van der Waals surface area contributed by atoms with E-state index >= 15 is 0 Å². The van der Waals surface area contributed by atoms with Crippen LogP contribution in [0.4, 0.5) is 0 Å². The third kappa shape index (κ3) is 5.53. The lowest BCUT2D eigenvalue weighted by molar-refractivity contribution is 0.0948. The molecule has 1 saturated heterocycles. The molecule has 4 heteroatoms. The topological polar surface area (TPSA) is 32.3 Å². The first-order valence-electron chi connectivity index (χ1n) is 10.6. The van der Waals surface area contributed by atoms with Crippen molar-refractivity contribution in [3.63, 3.8) is 0 Å². The number of likely N-dealkylation sites (tertiary alicyclic amines) is 1. The van der Waals surface area contributed by atoms with Crippen LogP contribution in [0.1, 0.15) is 39.9 Å². The number of amides is 1. The quantitative estimate of drug-likeness (QED) is 0.492. The molecular formula is C26H28N2OS. The molecule has 1 N–H and O–H groups in total. The van der Waals surface area contributed by atoms with Gasteiger partial charge >= 0.3 is 0 Å². The number of hydrogen-bond donors (Lipinski definition) is 1. The van der Waals surface area contributed by atoms with Crippen molar-refractivity contribution in [1.82, 2.24) is 10.2 Å². The standard InChI is InChI=1S/C26H28N2OS/c29-26(24-14-6-7-15-25(24)30-20-21-10-2-1-3-11-21)27-18-22-12-4-5-13-23(22)19-28-16-8-9-17-28/h1-7,10-15H,8-9,16-20H2,(H,27,29). The van der Waals surface area contributed by atoms with Crippen LogP contribution in [-0.2, 0) is 18.8 Å². The molecule has 3 nitrogen and oxygen atoms in total. The van der Waals surface area contributed by atoms with E-state index in [4.69, 9.17) is 0 Å². The van der Waals surface area contributed by atoms with Gasteiger partial charge in [-0.15, -0.1) is 11.8 Å². The van der Waals surface area contributed by atoms with Gasteiger partial charge in [0, 0.05) is 23.7 Å². The summed E-state index contributed by atoms with van der Waals surface area (Å²) in [6.07, 6.45) is 2.58. The fourth-order valence-electron chi connectivity index (χ4n) is 3.85. The fraction of sp³-hybridized carbons (Fsp3) is 0.269. The number of rotatable bonds is 8. The van der Waals surface area contributed by atoms with E-state index in [9.17, 15) is 4.79 Å². The van der Waals surface area contributed by atoms with Crippen molar-refractivity contribution in [1.29, 1.82) is 0 Å². The zero-order valence-electron chi connectivity index (χ0n) is 17.2. The molecule has 0 atom stereocenters. The van der Waals surface area contributed by atoms with E-state index in [0.717, 1.165) is 22.8 Å². The molecule has 4 rings (SSSR count). The molecule has 0 spiro atoms. The van der Waals surface area contributed by atoms with Gasteiger partial charge in [0.1, 0.15) is 0 Å². The van der Waals surface area contributed by atoms with Gasteiger partial charge in [-0.1, -0.05) is 66.7 Å². The summed E-state index contributed by atoms with van der Waals surface area (Å²) in [5.41, 5.74) is 4.52. The van der Waals surface area contributed by atoms with Crippen molar-refractivity contribution in [3.05, 3.63) is 101 Å². The molecule has 0 bridgehead atoms.